The normalized spacial score (nSPS) is 10.4. The number of carboxylic acids is 1. The highest BCUT2D eigenvalue weighted by Gasteiger charge is 2.14. The van der Waals surface area contributed by atoms with Gasteiger partial charge >= 0.3 is 5.97 Å². The van der Waals surface area contributed by atoms with Gasteiger partial charge in [0.2, 0.25) is 0 Å². The third-order valence-corrected chi connectivity index (χ3v) is 4.06. The van der Waals surface area contributed by atoms with Gasteiger partial charge in [-0.1, -0.05) is 60.7 Å². The van der Waals surface area contributed by atoms with Gasteiger partial charge in [0.1, 0.15) is 0 Å². The Kier molecular flexibility index (Phi) is 5.00. The van der Waals surface area contributed by atoms with Gasteiger partial charge in [-0.2, -0.15) is 0 Å². The Morgan fingerprint density at radius 1 is 0.840 bits per heavy atom. The Balaban J connectivity index is 1.95. The number of nitrogens with zero attached hydrogens (tertiary/aromatic N) is 1. The van der Waals surface area contributed by atoms with Gasteiger partial charge in [-0.25, -0.2) is 4.79 Å². The van der Waals surface area contributed by atoms with Crippen LogP contribution < -0.4 is 10.6 Å². The third kappa shape index (κ3) is 4.18. The van der Waals surface area contributed by atoms with Gasteiger partial charge in [0, 0.05) is 24.5 Å². The summed E-state index contributed by atoms with van der Waals surface area (Å²) in [5.41, 5.74) is 9.35. The quantitative estimate of drug-likeness (QED) is 0.665. The van der Waals surface area contributed by atoms with Gasteiger partial charge in [-0.05, 0) is 29.3 Å². The van der Waals surface area contributed by atoms with Crippen LogP contribution in [-0.4, -0.2) is 11.1 Å². The van der Waals surface area contributed by atoms with Crippen LogP contribution in [0.2, 0.25) is 0 Å². The summed E-state index contributed by atoms with van der Waals surface area (Å²) in [4.78, 5) is 13.6. The van der Waals surface area contributed by atoms with Crippen LogP contribution >= 0.6 is 0 Å². The second-order valence-electron chi connectivity index (χ2n) is 5.90. The molecule has 4 nitrogen and oxygen atoms in total. The first-order chi connectivity index (χ1) is 12.1. The first kappa shape index (κ1) is 16.6. The Hall–Kier alpha value is -3.27. The van der Waals surface area contributed by atoms with Crippen molar-refractivity contribution in [1.82, 2.24) is 0 Å². The third-order valence-electron chi connectivity index (χ3n) is 4.06. The summed E-state index contributed by atoms with van der Waals surface area (Å²) in [7, 11) is 0. The molecule has 0 aliphatic heterocycles. The summed E-state index contributed by atoms with van der Waals surface area (Å²) in [5, 5.41) is 9.35. The molecule has 0 spiro atoms. The van der Waals surface area contributed by atoms with Crippen LogP contribution in [0.25, 0.3) is 0 Å². The van der Waals surface area contributed by atoms with E-state index in [4.69, 9.17) is 5.73 Å². The average Bonchev–Trinajstić information content (AvgIpc) is 2.63. The lowest BCUT2D eigenvalue weighted by Gasteiger charge is -2.26. The number of nitrogen functional groups attached to an aromatic ring is 1. The molecule has 0 aliphatic rings. The van der Waals surface area contributed by atoms with E-state index in [1.165, 1.54) is 0 Å². The van der Waals surface area contributed by atoms with E-state index in [9.17, 15) is 9.90 Å². The van der Waals surface area contributed by atoms with Crippen LogP contribution in [0.5, 0.6) is 0 Å². The molecule has 25 heavy (non-hydrogen) atoms. The Morgan fingerprint density at radius 3 is 1.84 bits per heavy atom. The summed E-state index contributed by atoms with van der Waals surface area (Å²) in [6.45, 7) is 1.36. The summed E-state index contributed by atoms with van der Waals surface area (Å²) in [6.07, 6.45) is 0. The Bertz CT molecular complexity index is 807. The Morgan fingerprint density at radius 2 is 1.36 bits per heavy atom. The molecule has 3 rings (SSSR count). The molecule has 0 aromatic heterocycles. The predicted octanol–water partition coefficient (Wildman–Crippen LogP) is 4.17. The van der Waals surface area contributed by atoms with Gasteiger partial charge in [0.15, 0.2) is 0 Å². The van der Waals surface area contributed by atoms with Crippen molar-refractivity contribution in [3.05, 3.63) is 95.6 Å². The van der Waals surface area contributed by atoms with Crippen LogP contribution in [0, 0.1) is 0 Å². The van der Waals surface area contributed by atoms with Crippen LogP contribution in [-0.2, 0) is 13.1 Å². The first-order valence-electron chi connectivity index (χ1n) is 8.09. The molecule has 3 N–H and O–H groups in total. The summed E-state index contributed by atoms with van der Waals surface area (Å²) in [6, 6.07) is 25.4. The second-order valence-corrected chi connectivity index (χ2v) is 5.90. The number of carbonyl (C=O) groups is 1. The van der Waals surface area contributed by atoms with E-state index < -0.39 is 5.97 Å². The maximum atomic E-state index is 11.4. The lowest BCUT2D eigenvalue weighted by Crippen LogP contribution is -2.22. The van der Waals surface area contributed by atoms with Crippen LogP contribution in [0.3, 0.4) is 0 Å². The topological polar surface area (TPSA) is 66.6 Å². The lowest BCUT2D eigenvalue weighted by atomic mass is 10.1. The van der Waals surface area contributed by atoms with Gasteiger partial charge in [0.05, 0.1) is 5.56 Å². The van der Waals surface area contributed by atoms with Crippen molar-refractivity contribution in [2.45, 2.75) is 13.1 Å². The zero-order valence-electron chi connectivity index (χ0n) is 13.8. The maximum absolute atomic E-state index is 11.4. The molecule has 3 aromatic carbocycles. The minimum Gasteiger partial charge on any atom is -0.478 e. The number of nitrogens with two attached hydrogens (primary N) is 1. The smallest absolute Gasteiger partial charge is 0.337 e. The largest absolute Gasteiger partial charge is 0.478 e. The van der Waals surface area contributed by atoms with Crippen molar-refractivity contribution >= 4 is 17.3 Å². The SMILES string of the molecule is Nc1ccc(N(Cc2ccccc2)Cc2ccccc2)cc1C(=O)O. The standard InChI is InChI=1S/C21H20N2O2/c22-20-12-11-18(13-19(20)21(24)25)23(14-16-7-3-1-4-8-16)15-17-9-5-2-6-10-17/h1-13H,14-15,22H2,(H,24,25). The Labute approximate surface area is 147 Å². The van der Waals surface area contributed by atoms with Crippen LogP contribution in [0.15, 0.2) is 78.9 Å². The van der Waals surface area contributed by atoms with Crippen LogP contribution in [0.4, 0.5) is 11.4 Å². The van der Waals surface area contributed by atoms with Crippen molar-refractivity contribution in [3.8, 4) is 0 Å². The fourth-order valence-corrected chi connectivity index (χ4v) is 2.77. The minimum atomic E-state index is -1.02. The first-order valence-corrected chi connectivity index (χ1v) is 8.09. The summed E-state index contributed by atoms with van der Waals surface area (Å²) in [5.74, 6) is -1.02. The maximum Gasteiger partial charge on any atom is 0.337 e. The highest BCUT2D eigenvalue weighted by Crippen LogP contribution is 2.25. The van der Waals surface area contributed by atoms with Crippen molar-refractivity contribution in [1.29, 1.82) is 0 Å². The molecule has 0 saturated heterocycles. The predicted molar refractivity (Wildman–Crippen MR) is 101 cm³/mol. The monoisotopic (exact) mass is 332 g/mol. The van der Waals surface area contributed by atoms with Gasteiger partial charge < -0.3 is 15.7 Å². The molecule has 0 unspecified atom stereocenters. The number of rotatable bonds is 6. The van der Waals surface area contributed by atoms with E-state index in [0.29, 0.717) is 13.1 Å². The molecule has 4 heteroatoms. The highest BCUT2D eigenvalue weighted by atomic mass is 16.4. The molecule has 0 amide bonds. The zero-order chi connectivity index (χ0) is 17.6. The minimum absolute atomic E-state index is 0.128. The second kappa shape index (κ2) is 7.53. The van der Waals surface area contributed by atoms with Gasteiger partial charge in [-0.15, -0.1) is 0 Å². The molecule has 0 bridgehead atoms. The molecule has 3 aromatic rings. The highest BCUT2D eigenvalue weighted by molar-refractivity contribution is 5.94. The lowest BCUT2D eigenvalue weighted by molar-refractivity contribution is 0.0698. The van der Waals surface area contributed by atoms with E-state index in [2.05, 4.69) is 29.2 Å². The average molecular weight is 332 g/mol. The molecule has 0 aliphatic carbocycles. The molecule has 0 fully saturated rings. The number of carboxylic acid groups (broad SMARTS) is 1. The molecular weight excluding hydrogens is 312 g/mol. The number of benzene rings is 3. The zero-order valence-corrected chi connectivity index (χ0v) is 13.8. The van der Waals surface area contributed by atoms with Crippen molar-refractivity contribution < 1.29 is 9.90 Å². The molecule has 0 saturated carbocycles. The fourth-order valence-electron chi connectivity index (χ4n) is 2.77. The summed E-state index contributed by atoms with van der Waals surface area (Å²) >= 11 is 0. The summed E-state index contributed by atoms with van der Waals surface area (Å²) < 4.78 is 0. The van der Waals surface area contributed by atoms with E-state index in [1.54, 1.807) is 12.1 Å². The van der Waals surface area contributed by atoms with Crippen molar-refractivity contribution in [2.75, 3.05) is 10.6 Å². The molecule has 0 radical (unpaired) electrons. The van der Waals surface area contributed by atoms with E-state index in [1.807, 2.05) is 42.5 Å². The van der Waals surface area contributed by atoms with E-state index in [-0.39, 0.29) is 11.3 Å². The number of aromatic carboxylic acids is 1. The number of anilines is 2. The van der Waals surface area contributed by atoms with Crippen LogP contribution in [0.1, 0.15) is 21.5 Å². The molecular formula is C21H20N2O2. The number of hydrogen-bond donors (Lipinski definition) is 2. The fraction of sp³-hybridized carbons (Fsp3) is 0.0952. The van der Waals surface area contributed by atoms with E-state index >= 15 is 0 Å². The van der Waals surface area contributed by atoms with Crippen molar-refractivity contribution in [3.63, 3.8) is 0 Å². The van der Waals surface area contributed by atoms with E-state index in [0.717, 1.165) is 16.8 Å². The molecule has 0 atom stereocenters. The van der Waals surface area contributed by atoms with Gasteiger partial charge in [0.25, 0.3) is 0 Å². The van der Waals surface area contributed by atoms with Crippen molar-refractivity contribution in [2.24, 2.45) is 0 Å². The van der Waals surface area contributed by atoms with Gasteiger partial charge in [-0.3, -0.25) is 0 Å². The molecule has 126 valence electrons. The number of hydrogen-bond acceptors (Lipinski definition) is 3. The molecule has 0 heterocycles.